The Kier molecular flexibility index (Phi) is 5.96. The Labute approximate surface area is 294 Å². The van der Waals surface area contributed by atoms with Gasteiger partial charge in [-0.15, -0.1) is 0 Å². The second kappa shape index (κ2) is 10.8. The highest BCUT2D eigenvalue weighted by Gasteiger charge is 2.24. The van der Waals surface area contributed by atoms with Gasteiger partial charge in [0.2, 0.25) is 0 Å². The van der Waals surface area contributed by atoms with Crippen molar-refractivity contribution < 1.29 is 0 Å². The quantitative estimate of drug-likeness (QED) is 0.180. The van der Waals surface area contributed by atoms with Crippen LogP contribution in [0.5, 0.6) is 0 Å². The molecule has 0 bridgehead atoms. The Hall–Kier alpha value is -6.84. The summed E-state index contributed by atoms with van der Waals surface area (Å²) in [4.78, 5) is 0. The van der Waals surface area contributed by atoms with E-state index in [-0.39, 0.29) is 0 Å². The van der Waals surface area contributed by atoms with Crippen LogP contribution in [0.1, 0.15) is 0 Å². The Bertz CT molecular complexity index is 3110. The van der Waals surface area contributed by atoms with Crippen LogP contribution in [-0.2, 0) is 0 Å². The van der Waals surface area contributed by atoms with Crippen LogP contribution >= 0.6 is 0 Å². The number of nitrogens with zero attached hydrogens (tertiary/aromatic N) is 3. The van der Waals surface area contributed by atoms with E-state index in [0.29, 0.717) is 0 Å². The predicted octanol–water partition coefficient (Wildman–Crippen LogP) is 12.6. The van der Waals surface area contributed by atoms with Gasteiger partial charge in [-0.2, -0.15) is 0 Å². The number of fused-ring (bicyclic) bond motifs is 11. The lowest BCUT2D eigenvalue weighted by Gasteiger charge is -2.12. The molecule has 3 nitrogen and oxygen atoms in total. The third-order valence-corrected chi connectivity index (χ3v) is 10.6. The number of rotatable bonds is 4. The summed E-state index contributed by atoms with van der Waals surface area (Å²) in [7, 11) is 0. The molecule has 0 spiro atoms. The van der Waals surface area contributed by atoms with E-state index in [1.807, 2.05) is 0 Å². The van der Waals surface area contributed by atoms with Gasteiger partial charge in [0.05, 0.1) is 33.1 Å². The SMILES string of the molecule is c1ccc(-c2cccc(-n3c4ccccc4c4c3ccc3c5ccc6c(c7ccccc7n6-c6ccccc6)c5n(-c5ccccc5)c34)c2)cc1. The first-order valence-corrected chi connectivity index (χ1v) is 17.5. The molecule has 0 aliphatic heterocycles. The van der Waals surface area contributed by atoms with Crippen molar-refractivity contribution in [2.45, 2.75) is 0 Å². The van der Waals surface area contributed by atoms with Crippen molar-refractivity contribution in [2.75, 3.05) is 0 Å². The molecule has 0 fully saturated rings. The van der Waals surface area contributed by atoms with Crippen LogP contribution in [0, 0.1) is 0 Å². The standard InChI is InChI=1S/C48H31N3/c1-4-15-32(16-5-1)33-17-14-22-36(31-33)50-42-26-13-11-24-40(42)46-44(50)30-28-38-37-27-29-43-45(47(37)51(48(38)46)35-20-8-3-9-21-35)39-23-10-12-25-41(39)49(43)34-18-6-2-7-19-34/h1-31H. The molecule has 0 amide bonds. The highest BCUT2D eigenvalue weighted by molar-refractivity contribution is 6.31. The average molecular weight is 650 g/mol. The number of hydrogen-bond acceptors (Lipinski definition) is 0. The van der Waals surface area contributed by atoms with Crippen LogP contribution < -0.4 is 0 Å². The van der Waals surface area contributed by atoms with Gasteiger partial charge in [0.1, 0.15) is 0 Å². The van der Waals surface area contributed by atoms with Crippen molar-refractivity contribution in [2.24, 2.45) is 0 Å². The van der Waals surface area contributed by atoms with Crippen LogP contribution in [-0.4, -0.2) is 13.7 Å². The fraction of sp³-hybridized carbons (Fsp3) is 0. The summed E-state index contributed by atoms with van der Waals surface area (Å²) in [5.74, 6) is 0. The minimum Gasteiger partial charge on any atom is -0.309 e. The molecule has 0 aliphatic rings. The van der Waals surface area contributed by atoms with Gasteiger partial charge in [0.15, 0.2) is 0 Å². The molecule has 3 heteroatoms. The molecule has 11 rings (SSSR count). The van der Waals surface area contributed by atoms with E-state index in [1.54, 1.807) is 0 Å². The largest absolute Gasteiger partial charge is 0.309 e. The maximum atomic E-state index is 2.54. The Morgan fingerprint density at radius 1 is 0.255 bits per heavy atom. The van der Waals surface area contributed by atoms with Crippen molar-refractivity contribution in [1.29, 1.82) is 0 Å². The van der Waals surface area contributed by atoms with Crippen molar-refractivity contribution in [3.05, 3.63) is 188 Å². The van der Waals surface area contributed by atoms with Crippen LogP contribution in [0.4, 0.5) is 0 Å². The molecule has 3 heterocycles. The van der Waals surface area contributed by atoms with Crippen LogP contribution in [0.15, 0.2) is 188 Å². The fourth-order valence-corrected chi connectivity index (χ4v) is 8.52. The molecule has 0 saturated heterocycles. The van der Waals surface area contributed by atoms with E-state index in [4.69, 9.17) is 0 Å². The van der Waals surface area contributed by atoms with Gasteiger partial charge in [-0.25, -0.2) is 0 Å². The third-order valence-electron chi connectivity index (χ3n) is 10.6. The fourth-order valence-electron chi connectivity index (χ4n) is 8.52. The lowest BCUT2D eigenvalue weighted by Crippen LogP contribution is -1.96. The van der Waals surface area contributed by atoms with E-state index in [0.717, 1.165) is 17.1 Å². The summed E-state index contributed by atoms with van der Waals surface area (Å²) < 4.78 is 7.40. The van der Waals surface area contributed by atoms with Crippen LogP contribution in [0.3, 0.4) is 0 Å². The first-order valence-electron chi connectivity index (χ1n) is 17.5. The zero-order chi connectivity index (χ0) is 33.5. The van der Waals surface area contributed by atoms with E-state index in [1.165, 1.54) is 76.5 Å². The lowest BCUT2D eigenvalue weighted by molar-refractivity contribution is 1.17. The molecule has 238 valence electrons. The van der Waals surface area contributed by atoms with E-state index in [2.05, 4.69) is 202 Å². The molecule has 0 unspecified atom stereocenters. The molecule has 0 saturated carbocycles. The van der Waals surface area contributed by atoms with E-state index < -0.39 is 0 Å². The second-order valence-electron chi connectivity index (χ2n) is 13.3. The normalized spacial score (nSPS) is 11.9. The van der Waals surface area contributed by atoms with Gasteiger partial charge in [0.25, 0.3) is 0 Å². The predicted molar refractivity (Wildman–Crippen MR) is 215 cm³/mol. The molecule has 3 aromatic heterocycles. The second-order valence-corrected chi connectivity index (χ2v) is 13.3. The van der Waals surface area contributed by atoms with Gasteiger partial charge in [-0.1, -0.05) is 127 Å². The minimum atomic E-state index is 1.15. The average Bonchev–Trinajstić information content (AvgIpc) is 3.84. The van der Waals surface area contributed by atoms with E-state index >= 15 is 0 Å². The van der Waals surface area contributed by atoms with Gasteiger partial charge >= 0.3 is 0 Å². The minimum absolute atomic E-state index is 1.15. The Morgan fingerprint density at radius 2 is 0.686 bits per heavy atom. The highest BCUT2D eigenvalue weighted by Crippen LogP contribution is 2.46. The Morgan fingerprint density at radius 3 is 1.25 bits per heavy atom. The molecular weight excluding hydrogens is 619 g/mol. The maximum absolute atomic E-state index is 2.54. The zero-order valence-corrected chi connectivity index (χ0v) is 27.7. The number of para-hydroxylation sites is 4. The summed E-state index contributed by atoms with van der Waals surface area (Å²) in [6, 6.07) is 68.3. The molecule has 0 atom stereocenters. The van der Waals surface area contributed by atoms with Crippen LogP contribution in [0.25, 0.3) is 93.6 Å². The monoisotopic (exact) mass is 649 g/mol. The summed E-state index contributed by atoms with van der Waals surface area (Å²) in [5.41, 5.74) is 13.1. The van der Waals surface area contributed by atoms with Crippen molar-refractivity contribution >= 4 is 65.4 Å². The smallest absolute Gasteiger partial charge is 0.0641 e. The maximum Gasteiger partial charge on any atom is 0.0641 e. The topological polar surface area (TPSA) is 14.8 Å². The summed E-state index contributed by atoms with van der Waals surface area (Å²) >= 11 is 0. The zero-order valence-electron chi connectivity index (χ0n) is 27.7. The van der Waals surface area contributed by atoms with Gasteiger partial charge in [-0.3, -0.25) is 0 Å². The van der Waals surface area contributed by atoms with Crippen molar-refractivity contribution in [3.8, 4) is 28.2 Å². The molecule has 0 radical (unpaired) electrons. The Balaban J connectivity index is 1.33. The van der Waals surface area contributed by atoms with E-state index in [9.17, 15) is 0 Å². The molecule has 8 aromatic carbocycles. The molecule has 11 aromatic rings. The summed E-state index contributed by atoms with van der Waals surface area (Å²) in [6.07, 6.45) is 0. The van der Waals surface area contributed by atoms with Crippen LogP contribution in [0.2, 0.25) is 0 Å². The molecular formula is C48H31N3. The summed E-state index contributed by atoms with van der Waals surface area (Å²) in [5, 5.41) is 7.51. The number of hydrogen-bond donors (Lipinski definition) is 0. The number of aromatic nitrogens is 3. The molecule has 0 N–H and O–H groups in total. The molecule has 0 aliphatic carbocycles. The molecule has 51 heavy (non-hydrogen) atoms. The van der Waals surface area contributed by atoms with Crippen molar-refractivity contribution in [3.63, 3.8) is 0 Å². The highest BCUT2D eigenvalue weighted by atomic mass is 15.0. The summed E-state index contributed by atoms with van der Waals surface area (Å²) in [6.45, 7) is 0. The van der Waals surface area contributed by atoms with Gasteiger partial charge in [-0.05, 0) is 71.8 Å². The van der Waals surface area contributed by atoms with Gasteiger partial charge < -0.3 is 13.7 Å². The number of benzene rings is 8. The van der Waals surface area contributed by atoms with Crippen molar-refractivity contribution in [1.82, 2.24) is 13.7 Å². The third kappa shape index (κ3) is 4.00. The van der Waals surface area contributed by atoms with Gasteiger partial charge in [0, 0.05) is 49.4 Å². The first kappa shape index (κ1) is 28.0. The lowest BCUT2D eigenvalue weighted by atomic mass is 10.1. The first-order chi connectivity index (χ1) is 25.3.